The van der Waals surface area contributed by atoms with Gasteiger partial charge in [-0.2, -0.15) is 0 Å². The summed E-state index contributed by atoms with van der Waals surface area (Å²) >= 11 is 0. The van der Waals surface area contributed by atoms with Gasteiger partial charge in [-0.15, -0.1) is 0 Å². The molecule has 4 rings (SSSR count). The minimum atomic E-state index is -0.597. The number of nitrogens with one attached hydrogen (secondary N) is 2. The Bertz CT molecular complexity index is 755. The molecule has 2 atom stereocenters. The number of carbonyl (C=O) groups excluding carboxylic acids is 3. The Morgan fingerprint density at radius 1 is 1.31 bits per heavy atom. The molecule has 0 radical (unpaired) electrons. The second-order valence-electron chi connectivity index (χ2n) is 8.83. The molecule has 1 spiro atoms. The summed E-state index contributed by atoms with van der Waals surface area (Å²) in [4.78, 5) is 43.7. The van der Waals surface area contributed by atoms with Crippen LogP contribution in [0.4, 0.5) is 6.01 Å². The van der Waals surface area contributed by atoms with Crippen LogP contribution in [0.2, 0.25) is 0 Å². The number of carbonyl (C=O) groups is 3. The molecule has 3 fully saturated rings. The van der Waals surface area contributed by atoms with E-state index >= 15 is 0 Å². The fraction of sp³-hybridized carbons (Fsp3) is 0.700. The summed E-state index contributed by atoms with van der Waals surface area (Å²) in [5.41, 5.74) is 1.67. The van der Waals surface area contributed by atoms with Gasteiger partial charge in [0.15, 0.2) is 0 Å². The van der Waals surface area contributed by atoms with Crippen molar-refractivity contribution in [3.63, 3.8) is 0 Å². The molecule has 2 heterocycles. The smallest absolute Gasteiger partial charge is 0.301 e. The monoisotopic (exact) mass is 404 g/mol. The largest absolute Gasteiger partial charge is 0.432 e. The molecule has 3 aliphatic rings. The van der Waals surface area contributed by atoms with Crippen LogP contribution in [0, 0.1) is 17.3 Å². The lowest BCUT2D eigenvalue weighted by Gasteiger charge is -2.29. The first-order chi connectivity index (χ1) is 14.0. The Hall–Kier alpha value is -2.42. The normalized spacial score (nSPS) is 23.9. The van der Waals surface area contributed by atoms with Crippen LogP contribution in [-0.4, -0.2) is 45.4 Å². The molecule has 29 heavy (non-hydrogen) atoms. The minimum Gasteiger partial charge on any atom is -0.432 e. The molecule has 0 bridgehead atoms. The quantitative estimate of drug-likeness (QED) is 0.472. The third-order valence-corrected chi connectivity index (χ3v) is 6.71. The molecule has 1 aromatic rings. The first-order valence-corrected chi connectivity index (χ1v) is 10.4. The number of likely N-dealkylation sites (tertiary alicyclic amines) is 1. The van der Waals surface area contributed by atoms with E-state index in [2.05, 4.69) is 10.3 Å². The van der Waals surface area contributed by atoms with E-state index < -0.39 is 17.9 Å². The highest BCUT2D eigenvalue weighted by Crippen LogP contribution is 2.55. The summed E-state index contributed by atoms with van der Waals surface area (Å²) in [7, 11) is 0. The molecule has 158 valence electrons. The number of aromatic nitrogens is 1. The standard InChI is InChI=1S/C20H28N4O5/c25-16(23-28)10-14(9-13-3-1-2-4-13)18(27)24-12-20(5-6-20)11-15(24)17(26)22-19-21-7-8-29-19/h7-8,13-15,28H,1-6,9-12H2,(H,23,25)(H,21,22,26). The second kappa shape index (κ2) is 8.14. The summed E-state index contributed by atoms with van der Waals surface area (Å²) in [6, 6.07) is -0.485. The van der Waals surface area contributed by atoms with Crippen LogP contribution in [0.3, 0.4) is 0 Å². The number of hydroxylamine groups is 1. The summed E-state index contributed by atoms with van der Waals surface area (Å²) < 4.78 is 5.10. The van der Waals surface area contributed by atoms with E-state index in [1.54, 1.807) is 10.4 Å². The minimum absolute atomic E-state index is 0.0193. The lowest BCUT2D eigenvalue weighted by Crippen LogP contribution is -2.46. The van der Waals surface area contributed by atoms with Crippen molar-refractivity contribution in [2.45, 2.75) is 63.8 Å². The molecule has 1 aliphatic heterocycles. The lowest BCUT2D eigenvalue weighted by molar-refractivity contribution is -0.144. The first kappa shape index (κ1) is 19.9. The maximum atomic E-state index is 13.5. The van der Waals surface area contributed by atoms with Gasteiger partial charge in [0.05, 0.1) is 6.20 Å². The Morgan fingerprint density at radius 2 is 2.07 bits per heavy atom. The highest BCUT2D eigenvalue weighted by Gasteiger charge is 2.56. The topological polar surface area (TPSA) is 125 Å². The average molecular weight is 404 g/mol. The highest BCUT2D eigenvalue weighted by atomic mass is 16.5. The number of rotatable bonds is 7. The van der Waals surface area contributed by atoms with E-state index in [1.165, 1.54) is 12.5 Å². The number of anilines is 1. The van der Waals surface area contributed by atoms with Crippen LogP contribution >= 0.6 is 0 Å². The Kier molecular flexibility index (Phi) is 5.58. The molecule has 9 nitrogen and oxygen atoms in total. The average Bonchev–Trinajstić information content (AvgIpc) is 3.13. The van der Waals surface area contributed by atoms with Crippen molar-refractivity contribution in [1.29, 1.82) is 0 Å². The first-order valence-electron chi connectivity index (χ1n) is 10.4. The summed E-state index contributed by atoms with van der Waals surface area (Å²) in [5.74, 6) is -1.17. The number of hydrogen-bond donors (Lipinski definition) is 3. The SMILES string of the molecule is O=C(CC(CC1CCCC1)C(=O)N1CC2(CC2)CC1C(=O)Nc1ncco1)NO. The number of nitrogens with zero attached hydrogens (tertiary/aromatic N) is 2. The van der Waals surface area contributed by atoms with Crippen LogP contribution in [0.15, 0.2) is 16.9 Å². The molecule has 3 amide bonds. The predicted octanol–water partition coefficient (Wildman–Crippen LogP) is 2.09. The fourth-order valence-electron chi connectivity index (χ4n) is 4.96. The molecule has 3 N–H and O–H groups in total. The van der Waals surface area contributed by atoms with Crippen molar-refractivity contribution in [1.82, 2.24) is 15.4 Å². The van der Waals surface area contributed by atoms with Crippen molar-refractivity contribution >= 4 is 23.7 Å². The Morgan fingerprint density at radius 3 is 2.69 bits per heavy atom. The summed E-state index contributed by atoms with van der Waals surface area (Å²) in [6.45, 7) is 0.539. The maximum absolute atomic E-state index is 13.5. The van der Waals surface area contributed by atoms with Crippen LogP contribution in [0.5, 0.6) is 0 Å². The van der Waals surface area contributed by atoms with Gasteiger partial charge >= 0.3 is 6.01 Å². The number of oxazole rings is 1. The van der Waals surface area contributed by atoms with E-state index in [0.29, 0.717) is 25.3 Å². The van der Waals surface area contributed by atoms with Crippen LogP contribution in [0.25, 0.3) is 0 Å². The number of hydrogen-bond acceptors (Lipinski definition) is 6. The van der Waals surface area contributed by atoms with Crippen LogP contribution in [-0.2, 0) is 14.4 Å². The van der Waals surface area contributed by atoms with Crippen LogP contribution < -0.4 is 10.8 Å². The van der Waals surface area contributed by atoms with Crippen molar-refractivity contribution < 1.29 is 24.0 Å². The molecular formula is C20H28N4O5. The second-order valence-corrected chi connectivity index (χ2v) is 8.83. The molecule has 2 unspecified atom stereocenters. The van der Waals surface area contributed by atoms with E-state index in [1.807, 2.05) is 0 Å². The van der Waals surface area contributed by atoms with Gasteiger partial charge in [-0.3, -0.25) is 24.9 Å². The van der Waals surface area contributed by atoms with E-state index in [9.17, 15) is 14.4 Å². The molecule has 9 heteroatoms. The summed E-state index contributed by atoms with van der Waals surface area (Å²) in [5, 5.41) is 11.6. The van der Waals surface area contributed by atoms with Crippen molar-refractivity contribution in [2.75, 3.05) is 11.9 Å². The highest BCUT2D eigenvalue weighted by molar-refractivity contribution is 5.97. The zero-order valence-electron chi connectivity index (χ0n) is 16.4. The van der Waals surface area contributed by atoms with Gasteiger partial charge in [0.25, 0.3) is 5.91 Å². The van der Waals surface area contributed by atoms with Gasteiger partial charge in [-0.05, 0) is 37.0 Å². The maximum Gasteiger partial charge on any atom is 0.301 e. The fourth-order valence-corrected chi connectivity index (χ4v) is 4.96. The Balaban J connectivity index is 1.50. The third kappa shape index (κ3) is 4.44. The lowest BCUT2D eigenvalue weighted by atomic mass is 9.89. The zero-order valence-corrected chi connectivity index (χ0v) is 16.4. The van der Waals surface area contributed by atoms with Gasteiger partial charge in [0.2, 0.25) is 11.8 Å². The molecule has 2 saturated carbocycles. The van der Waals surface area contributed by atoms with E-state index in [4.69, 9.17) is 9.62 Å². The molecule has 0 aromatic carbocycles. The van der Waals surface area contributed by atoms with E-state index in [-0.39, 0.29) is 29.7 Å². The van der Waals surface area contributed by atoms with Gasteiger partial charge in [0, 0.05) is 18.9 Å². The van der Waals surface area contributed by atoms with Crippen molar-refractivity contribution in [2.24, 2.45) is 17.3 Å². The summed E-state index contributed by atoms with van der Waals surface area (Å²) in [6.07, 6.45) is 10.4. The molecule has 1 aromatic heterocycles. The molecular weight excluding hydrogens is 376 g/mol. The van der Waals surface area contributed by atoms with Gasteiger partial charge in [-0.1, -0.05) is 25.7 Å². The molecule has 2 aliphatic carbocycles. The van der Waals surface area contributed by atoms with Gasteiger partial charge < -0.3 is 9.32 Å². The van der Waals surface area contributed by atoms with E-state index in [0.717, 1.165) is 38.5 Å². The predicted molar refractivity (Wildman–Crippen MR) is 102 cm³/mol. The van der Waals surface area contributed by atoms with Crippen LogP contribution in [0.1, 0.15) is 57.8 Å². The van der Waals surface area contributed by atoms with Gasteiger partial charge in [-0.25, -0.2) is 10.5 Å². The zero-order chi connectivity index (χ0) is 20.4. The third-order valence-electron chi connectivity index (χ3n) is 6.71. The number of amides is 3. The molecule has 1 saturated heterocycles. The van der Waals surface area contributed by atoms with Crippen molar-refractivity contribution in [3.8, 4) is 0 Å². The van der Waals surface area contributed by atoms with Gasteiger partial charge in [0.1, 0.15) is 12.3 Å². The van der Waals surface area contributed by atoms with Crippen molar-refractivity contribution in [3.05, 3.63) is 12.5 Å². The Labute approximate surface area is 169 Å².